The number of anilines is 1. The highest BCUT2D eigenvalue weighted by molar-refractivity contribution is 6.23. The van der Waals surface area contributed by atoms with Crippen LogP contribution in [0.5, 0.6) is 0 Å². The Bertz CT molecular complexity index is 853. The van der Waals surface area contributed by atoms with E-state index in [1.54, 1.807) is 24.3 Å². The SMILES string of the molecule is COC(=O)[C@@H]1N[C@H](c2ccccc2)[C@@H]2C(=O)N(c3ccccc3)C(=O)C21. The Labute approximate surface area is 150 Å². The molecule has 2 aromatic rings. The molecule has 6 nitrogen and oxygen atoms in total. The van der Waals surface area contributed by atoms with E-state index in [9.17, 15) is 14.4 Å². The first-order valence-electron chi connectivity index (χ1n) is 8.45. The van der Waals surface area contributed by atoms with Gasteiger partial charge in [0.1, 0.15) is 6.04 Å². The summed E-state index contributed by atoms with van der Waals surface area (Å²) in [5.74, 6) is -2.62. The van der Waals surface area contributed by atoms with E-state index in [4.69, 9.17) is 4.74 Å². The maximum atomic E-state index is 13.2. The minimum absolute atomic E-state index is 0.293. The summed E-state index contributed by atoms with van der Waals surface area (Å²) in [5.41, 5.74) is 1.39. The summed E-state index contributed by atoms with van der Waals surface area (Å²) >= 11 is 0. The maximum Gasteiger partial charge on any atom is 0.323 e. The third-order valence-corrected chi connectivity index (χ3v) is 5.10. The highest BCUT2D eigenvalue weighted by Gasteiger charge is 2.61. The van der Waals surface area contributed by atoms with Gasteiger partial charge in [0.25, 0.3) is 0 Å². The van der Waals surface area contributed by atoms with Crippen molar-refractivity contribution in [3.63, 3.8) is 0 Å². The Hall–Kier alpha value is -2.99. The van der Waals surface area contributed by atoms with Crippen LogP contribution in [0, 0.1) is 11.8 Å². The Morgan fingerprint density at radius 3 is 2.12 bits per heavy atom. The zero-order chi connectivity index (χ0) is 18.3. The molecule has 0 bridgehead atoms. The largest absolute Gasteiger partial charge is 0.468 e. The van der Waals surface area contributed by atoms with Crippen molar-refractivity contribution in [2.45, 2.75) is 12.1 Å². The number of imide groups is 1. The average molecular weight is 350 g/mol. The molecule has 4 rings (SSSR count). The Morgan fingerprint density at radius 1 is 0.923 bits per heavy atom. The molecule has 0 spiro atoms. The fraction of sp³-hybridized carbons (Fsp3) is 0.250. The standard InChI is InChI=1S/C20H18N2O4/c1-26-20(25)17-15-14(16(21-17)12-8-4-2-5-9-12)18(23)22(19(15)24)13-10-6-3-7-11-13/h2-11,14-17,21H,1H3/t14-,15?,16-,17-/m1/s1. The number of para-hydroxylation sites is 1. The lowest BCUT2D eigenvalue weighted by atomic mass is 9.86. The molecule has 2 aliphatic heterocycles. The van der Waals surface area contributed by atoms with Gasteiger partial charge in [0.15, 0.2) is 0 Å². The first kappa shape index (κ1) is 16.5. The second-order valence-electron chi connectivity index (χ2n) is 6.45. The van der Waals surface area contributed by atoms with Gasteiger partial charge in [0.2, 0.25) is 11.8 Å². The van der Waals surface area contributed by atoms with Gasteiger partial charge in [-0.1, -0.05) is 48.5 Å². The molecule has 132 valence electrons. The number of methoxy groups -OCH3 is 1. The molecule has 0 aliphatic carbocycles. The lowest BCUT2D eigenvalue weighted by molar-refractivity contribution is -0.145. The molecule has 1 N–H and O–H groups in total. The molecule has 2 aromatic carbocycles. The van der Waals surface area contributed by atoms with Gasteiger partial charge in [-0.05, 0) is 17.7 Å². The van der Waals surface area contributed by atoms with Crippen LogP contribution in [0.2, 0.25) is 0 Å². The van der Waals surface area contributed by atoms with Gasteiger partial charge >= 0.3 is 5.97 Å². The molecule has 0 aromatic heterocycles. The molecule has 2 heterocycles. The van der Waals surface area contributed by atoms with E-state index in [-0.39, 0.29) is 11.8 Å². The summed E-state index contributed by atoms with van der Waals surface area (Å²) in [4.78, 5) is 39.7. The summed E-state index contributed by atoms with van der Waals surface area (Å²) in [7, 11) is 1.28. The molecule has 0 saturated carbocycles. The van der Waals surface area contributed by atoms with E-state index < -0.39 is 29.9 Å². The van der Waals surface area contributed by atoms with Crippen LogP contribution in [0.4, 0.5) is 5.69 Å². The number of carbonyl (C=O) groups is 3. The van der Waals surface area contributed by atoms with Crippen LogP contribution in [-0.4, -0.2) is 30.9 Å². The average Bonchev–Trinajstić information content (AvgIpc) is 3.20. The zero-order valence-corrected chi connectivity index (χ0v) is 14.2. The smallest absolute Gasteiger partial charge is 0.323 e. The van der Waals surface area contributed by atoms with E-state index in [1.807, 2.05) is 36.4 Å². The second kappa shape index (κ2) is 6.38. The number of hydrogen-bond acceptors (Lipinski definition) is 5. The molecule has 2 fully saturated rings. The number of nitrogens with zero attached hydrogens (tertiary/aromatic N) is 1. The van der Waals surface area contributed by atoms with Gasteiger partial charge in [-0.25, -0.2) is 4.90 Å². The Morgan fingerprint density at radius 2 is 1.50 bits per heavy atom. The maximum absolute atomic E-state index is 13.2. The third-order valence-electron chi connectivity index (χ3n) is 5.10. The van der Waals surface area contributed by atoms with Gasteiger partial charge < -0.3 is 4.74 Å². The molecular formula is C20H18N2O4. The number of esters is 1. The molecular weight excluding hydrogens is 332 g/mol. The van der Waals surface area contributed by atoms with Crippen molar-refractivity contribution in [2.24, 2.45) is 11.8 Å². The number of amides is 2. The quantitative estimate of drug-likeness (QED) is 0.673. The van der Waals surface area contributed by atoms with Crippen molar-refractivity contribution >= 4 is 23.5 Å². The van der Waals surface area contributed by atoms with Crippen molar-refractivity contribution in [1.29, 1.82) is 0 Å². The monoisotopic (exact) mass is 350 g/mol. The second-order valence-corrected chi connectivity index (χ2v) is 6.45. The summed E-state index contributed by atoms with van der Waals surface area (Å²) in [6, 6.07) is 16.9. The lowest BCUT2D eigenvalue weighted by Gasteiger charge is -2.21. The van der Waals surface area contributed by atoms with E-state index in [2.05, 4.69) is 5.32 Å². The van der Waals surface area contributed by atoms with Gasteiger partial charge in [0, 0.05) is 6.04 Å². The van der Waals surface area contributed by atoms with Crippen LogP contribution in [0.15, 0.2) is 60.7 Å². The van der Waals surface area contributed by atoms with Crippen molar-refractivity contribution < 1.29 is 19.1 Å². The highest BCUT2D eigenvalue weighted by Crippen LogP contribution is 2.45. The predicted octanol–water partition coefficient (Wildman–Crippen LogP) is 1.68. The van der Waals surface area contributed by atoms with E-state index in [1.165, 1.54) is 12.0 Å². The summed E-state index contributed by atoms with van der Waals surface area (Å²) < 4.78 is 4.87. The number of hydrogen-bond donors (Lipinski definition) is 1. The number of ether oxygens (including phenoxy) is 1. The van der Waals surface area contributed by atoms with Crippen LogP contribution < -0.4 is 10.2 Å². The van der Waals surface area contributed by atoms with Crippen molar-refractivity contribution in [2.75, 3.05) is 12.0 Å². The van der Waals surface area contributed by atoms with Crippen LogP contribution in [0.25, 0.3) is 0 Å². The van der Waals surface area contributed by atoms with Crippen molar-refractivity contribution in [3.05, 3.63) is 66.2 Å². The molecule has 2 aliphatic rings. The minimum atomic E-state index is -0.847. The van der Waals surface area contributed by atoms with Gasteiger partial charge in [-0.3, -0.25) is 19.7 Å². The molecule has 0 radical (unpaired) electrons. The molecule has 2 saturated heterocycles. The first-order valence-corrected chi connectivity index (χ1v) is 8.45. The van der Waals surface area contributed by atoms with Crippen molar-refractivity contribution in [1.82, 2.24) is 5.32 Å². The number of fused-ring (bicyclic) bond motifs is 1. The topological polar surface area (TPSA) is 75.7 Å². The van der Waals surface area contributed by atoms with Crippen LogP contribution in [-0.2, 0) is 19.1 Å². The van der Waals surface area contributed by atoms with Gasteiger partial charge in [-0.2, -0.15) is 0 Å². The third kappa shape index (κ3) is 2.42. The first-order chi connectivity index (χ1) is 12.6. The number of carbonyl (C=O) groups excluding carboxylic acids is 3. The number of rotatable bonds is 3. The summed E-state index contributed by atoms with van der Waals surface area (Å²) in [5, 5.41) is 3.15. The number of nitrogens with one attached hydrogen (secondary N) is 1. The lowest BCUT2D eigenvalue weighted by Crippen LogP contribution is -2.43. The van der Waals surface area contributed by atoms with Crippen LogP contribution in [0.3, 0.4) is 0 Å². The number of benzene rings is 2. The Kier molecular flexibility index (Phi) is 4.05. The highest BCUT2D eigenvalue weighted by atomic mass is 16.5. The van der Waals surface area contributed by atoms with Gasteiger partial charge in [-0.15, -0.1) is 0 Å². The van der Waals surface area contributed by atoms with E-state index >= 15 is 0 Å². The molecule has 26 heavy (non-hydrogen) atoms. The normalized spacial score (nSPS) is 27.5. The molecule has 4 atom stereocenters. The fourth-order valence-electron chi connectivity index (χ4n) is 3.95. The molecule has 6 heteroatoms. The minimum Gasteiger partial charge on any atom is -0.468 e. The molecule has 1 unspecified atom stereocenters. The van der Waals surface area contributed by atoms with Crippen molar-refractivity contribution in [3.8, 4) is 0 Å². The summed E-state index contributed by atoms with van der Waals surface area (Å²) in [6.07, 6.45) is 0. The van der Waals surface area contributed by atoms with E-state index in [0.29, 0.717) is 5.69 Å². The summed E-state index contributed by atoms with van der Waals surface area (Å²) in [6.45, 7) is 0. The Balaban J connectivity index is 1.78. The van der Waals surface area contributed by atoms with E-state index in [0.717, 1.165) is 5.56 Å². The fourth-order valence-corrected chi connectivity index (χ4v) is 3.95. The van der Waals surface area contributed by atoms with Crippen LogP contribution in [0.1, 0.15) is 11.6 Å². The van der Waals surface area contributed by atoms with Crippen LogP contribution >= 0.6 is 0 Å². The van der Waals surface area contributed by atoms with Gasteiger partial charge in [0.05, 0.1) is 24.6 Å². The molecule has 2 amide bonds. The zero-order valence-electron chi connectivity index (χ0n) is 14.2. The predicted molar refractivity (Wildman–Crippen MR) is 94.0 cm³/mol.